The molecule has 0 N–H and O–H groups in total. The number of aromatic nitrogens is 1. The van der Waals surface area contributed by atoms with Crippen LogP contribution in [0.5, 0.6) is 0 Å². The third-order valence-corrected chi connectivity index (χ3v) is 3.36. The van der Waals surface area contributed by atoms with Crippen LogP contribution in [-0.2, 0) is 6.54 Å². The van der Waals surface area contributed by atoms with Gasteiger partial charge in [0.25, 0.3) is 11.2 Å². The second-order valence-electron chi connectivity index (χ2n) is 4.35. The van der Waals surface area contributed by atoms with E-state index in [1.807, 2.05) is 0 Å². The van der Waals surface area contributed by atoms with Crippen LogP contribution < -0.4 is 5.56 Å². The zero-order valence-electron chi connectivity index (χ0n) is 11.0. The second kappa shape index (κ2) is 6.32. The highest BCUT2D eigenvalue weighted by atomic mass is 79.9. The van der Waals surface area contributed by atoms with Gasteiger partial charge in [0.15, 0.2) is 5.78 Å². The van der Waals surface area contributed by atoms with Gasteiger partial charge < -0.3 is 0 Å². The lowest BCUT2D eigenvalue weighted by molar-refractivity contribution is -0.385. The zero-order valence-corrected chi connectivity index (χ0v) is 12.6. The number of carbonyl (C=O) groups is 1. The maximum atomic E-state index is 12.2. The molecule has 0 bridgehead atoms. The summed E-state index contributed by atoms with van der Waals surface area (Å²) in [6.45, 7) is -0.383. The Morgan fingerprint density at radius 3 is 2.73 bits per heavy atom. The molecule has 0 atom stereocenters. The van der Waals surface area contributed by atoms with E-state index in [-0.39, 0.29) is 12.1 Å². The quantitative estimate of drug-likeness (QED) is 0.471. The summed E-state index contributed by atoms with van der Waals surface area (Å²) in [5.74, 6) is -0.396. The third-order valence-electron chi connectivity index (χ3n) is 2.86. The number of nitro groups is 1. The number of nitrogens with zero attached hydrogens (tertiary/aromatic N) is 3. The Balaban J connectivity index is 2.43. The van der Waals surface area contributed by atoms with Crippen molar-refractivity contribution in [3.8, 4) is 6.07 Å². The number of benzene rings is 1. The first-order valence-corrected chi connectivity index (χ1v) is 6.79. The Kier molecular flexibility index (Phi) is 4.48. The lowest BCUT2D eigenvalue weighted by atomic mass is 10.1. The topological polar surface area (TPSA) is 106 Å². The van der Waals surface area contributed by atoms with Crippen molar-refractivity contribution in [2.45, 2.75) is 6.54 Å². The Bertz CT molecular complexity index is 867. The predicted octanol–water partition coefficient (Wildman–Crippen LogP) is 2.27. The minimum absolute atomic E-state index is 0.353. The number of rotatable bonds is 4. The second-order valence-corrected chi connectivity index (χ2v) is 5.26. The molecule has 0 unspecified atom stereocenters. The van der Waals surface area contributed by atoms with Gasteiger partial charge in [-0.25, -0.2) is 0 Å². The van der Waals surface area contributed by atoms with E-state index in [9.17, 15) is 19.7 Å². The summed E-state index contributed by atoms with van der Waals surface area (Å²) in [5.41, 5.74) is -1.18. The number of Topliss-reactive ketones (excluding diaryl/α,β-unsaturated/α-hetero) is 1. The summed E-state index contributed by atoms with van der Waals surface area (Å²) in [6.07, 6.45) is 0.957. The van der Waals surface area contributed by atoms with Gasteiger partial charge in [0.05, 0.1) is 17.7 Å². The summed E-state index contributed by atoms with van der Waals surface area (Å²) in [6, 6.07) is 9.04. The Morgan fingerprint density at radius 2 is 2.14 bits per heavy atom. The monoisotopic (exact) mass is 361 g/mol. The smallest absolute Gasteiger partial charge is 0.287 e. The lowest BCUT2D eigenvalue weighted by Gasteiger charge is -2.06. The molecule has 1 aromatic carbocycles. The minimum Gasteiger partial charge on any atom is -0.300 e. The van der Waals surface area contributed by atoms with E-state index in [2.05, 4.69) is 15.9 Å². The average Bonchev–Trinajstić information content (AvgIpc) is 2.49. The van der Waals surface area contributed by atoms with Crippen LogP contribution in [0.1, 0.15) is 15.9 Å². The summed E-state index contributed by atoms with van der Waals surface area (Å²) in [7, 11) is 0. The molecule has 22 heavy (non-hydrogen) atoms. The van der Waals surface area contributed by atoms with Crippen molar-refractivity contribution in [1.82, 2.24) is 4.57 Å². The van der Waals surface area contributed by atoms with Crippen LogP contribution in [0.3, 0.4) is 0 Å². The molecule has 0 aliphatic heterocycles. The Labute approximate surface area is 132 Å². The van der Waals surface area contributed by atoms with Crippen LogP contribution in [0, 0.1) is 21.4 Å². The molecule has 7 nitrogen and oxygen atoms in total. The van der Waals surface area contributed by atoms with Crippen LogP contribution >= 0.6 is 15.9 Å². The number of hydrogen-bond donors (Lipinski definition) is 0. The van der Waals surface area contributed by atoms with Crippen LogP contribution in [-0.4, -0.2) is 15.3 Å². The predicted molar refractivity (Wildman–Crippen MR) is 80.5 cm³/mol. The fourth-order valence-electron chi connectivity index (χ4n) is 1.83. The number of ketones is 1. The van der Waals surface area contributed by atoms with Gasteiger partial charge in [-0.2, -0.15) is 5.26 Å². The first-order valence-electron chi connectivity index (χ1n) is 6.00. The van der Waals surface area contributed by atoms with Gasteiger partial charge in [0.1, 0.15) is 11.6 Å². The molecule has 2 aromatic rings. The number of halogens is 1. The van der Waals surface area contributed by atoms with Crippen molar-refractivity contribution < 1.29 is 9.72 Å². The van der Waals surface area contributed by atoms with Gasteiger partial charge in [-0.15, -0.1) is 0 Å². The van der Waals surface area contributed by atoms with E-state index >= 15 is 0 Å². The van der Waals surface area contributed by atoms with Crippen molar-refractivity contribution >= 4 is 27.4 Å². The van der Waals surface area contributed by atoms with Crippen molar-refractivity contribution in [2.75, 3.05) is 0 Å². The minimum atomic E-state index is -0.739. The molecular weight excluding hydrogens is 354 g/mol. The van der Waals surface area contributed by atoms with E-state index in [1.54, 1.807) is 30.3 Å². The normalized spacial score (nSPS) is 10.0. The lowest BCUT2D eigenvalue weighted by Crippen LogP contribution is -2.26. The van der Waals surface area contributed by atoms with Gasteiger partial charge in [-0.1, -0.05) is 28.1 Å². The van der Waals surface area contributed by atoms with Crippen molar-refractivity contribution in [3.63, 3.8) is 0 Å². The Morgan fingerprint density at radius 1 is 1.41 bits per heavy atom. The van der Waals surface area contributed by atoms with Crippen LogP contribution in [0.2, 0.25) is 0 Å². The molecule has 0 radical (unpaired) electrons. The maximum Gasteiger partial charge on any atom is 0.287 e. The molecule has 0 aliphatic rings. The van der Waals surface area contributed by atoms with E-state index in [4.69, 9.17) is 5.26 Å². The fourth-order valence-corrected chi connectivity index (χ4v) is 2.22. The molecular formula is C14H8BrN3O4. The molecule has 2 rings (SSSR count). The largest absolute Gasteiger partial charge is 0.300 e. The van der Waals surface area contributed by atoms with Crippen LogP contribution in [0.4, 0.5) is 5.69 Å². The van der Waals surface area contributed by atoms with Gasteiger partial charge in [-0.05, 0) is 12.1 Å². The van der Waals surface area contributed by atoms with Crippen molar-refractivity contribution in [3.05, 3.63) is 72.6 Å². The highest BCUT2D eigenvalue weighted by molar-refractivity contribution is 9.10. The SMILES string of the molecule is N#Cc1cc([N+](=O)[O-])cn(CC(=O)c2cccc(Br)c2)c1=O. The molecule has 0 saturated heterocycles. The van der Waals surface area contributed by atoms with Crippen molar-refractivity contribution in [2.24, 2.45) is 0 Å². The standard InChI is InChI=1S/C14H8BrN3O4/c15-11-3-1-2-9(4-11)13(19)8-17-7-12(18(21)22)5-10(6-16)14(17)20/h1-5,7H,8H2. The molecule has 0 amide bonds. The first-order chi connectivity index (χ1) is 10.4. The van der Waals surface area contributed by atoms with E-state index in [1.165, 1.54) is 0 Å². The highest BCUT2D eigenvalue weighted by Gasteiger charge is 2.16. The van der Waals surface area contributed by atoms with Crippen LogP contribution in [0.25, 0.3) is 0 Å². The molecule has 8 heteroatoms. The van der Waals surface area contributed by atoms with Gasteiger partial charge in [-0.3, -0.25) is 24.3 Å². The van der Waals surface area contributed by atoms with Crippen LogP contribution in [0.15, 0.2) is 45.8 Å². The number of carbonyl (C=O) groups excluding carboxylic acids is 1. The molecule has 110 valence electrons. The first kappa shape index (κ1) is 15.6. The average molecular weight is 362 g/mol. The number of nitriles is 1. The number of hydrogen-bond acceptors (Lipinski definition) is 5. The molecule has 0 spiro atoms. The summed E-state index contributed by atoms with van der Waals surface area (Å²) in [5, 5.41) is 19.7. The van der Waals surface area contributed by atoms with Crippen molar-refractivity contribution in [1.29, 1.82) is 5.26 Å². The summed E-state index contributed by atoms with van der Waals surface area (Å²) in [4.78, 5) is 34.2. The van der Waals surface area contributed by atoms with Gasteiger partial charge in [0.2, 0.25) is 0 Å². The highest BCUT2D eigenvalue weighted by Crippen LogP contribution is 2.14. The molecule has 1 heterocycles. The van der Waals surface area contributed by atoms with Gasteiger partial charge >= 0.3 is 0 Å². The maximum absolute atomic E-state index is 12.2. The molecule has 1 aromatic heterocycles. The Hall–Kier alpha value is -2.79. The van der Waals surface area contributed by atoms with E-state index in [0.717, 1.165) is 16.8 Å². The molecule has 0 saturated carbocycles. The van der Waals surface area contributed by atoms with E-state index < -0.39 is 22.0 Å². The summed E-state index contributed by atoms with van der Waals surface area (Å²) >= 11 is 3.23. The molecule has 0 fully saturated rings. The third kappa shape index (κ3) is 3.27. The van der Waals surface area contributed by atoms with E-state index in [0.29, 0.717) is 10.0 Å². The molecule has 0 aliphatic carbocycles. The number of pyridine rings is 1. The summed E-state index contributed by atoms with van der Waals surface area (Å²) < 4.78 is 1.57. The fraction of sp³-hybridized carbons (Fsp3) is 0.0714. The van der Waals surface area contributed by atoms with Gasteiger partial charge in [0, 0.05) is 16.1 Å². The zero-order chi connectivity index (χ0) is 16.3.